The van der Waals surface area contributed by atoms with Gasteiger partial charge in [-0.1, -0.05) is 20.8 Å². The van der Waals surface area contributed by atoms with Crippen LogP contribution < -0.4 is 10.2 Å². The molecule has 0 aliphatic heterocycles. The monoisotopic (exact) mass is 236 g/mol. The summed E-state index contributed by atoms with van der Waals surface area (Å²) < 4.78 is 0. The summed E-state index contributed by atoms with van der Waals surface area (Å²) >= 11 is 0. The molecule has 1 N–H and O–H groups in total. The molecule has 0 aliphatic carbocycles. The van der Waals surface area contributed by atoms with Crippen molar-refractivity contribution in [1.82, 2.24) is 9.97 Å². The summed E-state index contributed by atoms with van der Waals surface area (Å²) in [6.45, 7) is 11.8. The molecule has 1 unspecified atom stereocenters. The van der Waals surface area contributed by atoms with Crippen molar-refractivity contribution in [2.45, 2.75) is 40.7 Å². The molecule has 0 aliphatic rings. The molecule has 4 nitrogen and oxygen atoms in total. The van der Waals surface area contributed by atoms with Crippen LogP contribution in [0.5, 0.6) is 0 Å². The Bertz CT molecular complexity index is 357. The van der Waals surface area contributed by atoms with Crippen LogP contribution in [0.1, 0.15) is 34.6 Å². The molecule has 1 heterocycles. The van der Waals surface area contributed by atoms with E-state index in [1.54, 1.807) is 6.20 Å². The van der Waals surface area contributed by atoms with Crippen LogP contribution in [0, 0.1) is 5.41 Å². The molecule has 0 saturated heterocycles. The average molecular weight is 236 g/mol. The zero-order chi connectivity index (χ0) is 13.1. The lowest BCUT2D eigenvalue weighted by Gasteiger charge is -2.36. The maximum Gasteiger partial charge on any atom is 0.149 e. The van der Waals surface area contributed by atoms with Crippen LogP contribution in [-0.2, 0) is 0 Å². The van der Waals surface area contributed by atoms with Gasteiger partial charge in [0, 0.05) is 19.6 Å². The van der Waals surface area contributed by atoms with E-state index < -0.39 is 0 Å². The molecule has 1 aromatic heterocycles. The SMILES string of the molecule is CCNc1cncc(N(C)C(C)C(C)(C)C)n1. The molecule has 4 heteroatoms. The Morgan fingerprint density at radius 1 is 1.35 bits per heavy atom. The molecule has 0 bridgehead atoms. The van der Waals surface area contributed by atoms with Gasteiger partial charge < -0.3 is 10.2 Å². The second kappa shape index (κ2) is 5.34. The molecule has 1 rings (SSSR count). The molecule has 0 radical (unpaired) electrons. The first kappa shape index (κ1) is 13.7. The van der Waals surface area contributed by atoms with Crippen molar-refractivity contribution in [2.24, 2.45) is 5.41 Å². The highest BCUT2D eigenvalue weighted by Gasteiger charge is 2.24. The first-order valence-corrected chi connectivity index (χ1v) is 6.15. The van der Waals surface area contributed by atoms with Crippen molar-refractivity contribution in [3.63, 3.8) is 0 Å². The van der Waals surface area contributed by atoms with E-state index >= 15 is 0 Å². The zero-order valence-electron chi connectivity index (χ0n) is 11.8. The van der Waals surface area contributed by atoms with Crippen molar-refractivity contribution in [1.29, 1.82) is 0 Å². The molecule has 0 saturated carbocycles. The van der Waals surface area contributed by atoms with E-state index in [4.69, 9.17) is 0 Å². The Morgan fingerprint density at radius 3 is 2.53 bits per heavy atom. The topological polar surface area (TPSA) is 41.1 Å². The van der Waals surface area contributed by atoms with Gasteiger partial charge in [-0.15, -0.1) is 0 Å². The first-order chi connectivity index (χ1) is 7.86. The Hall–Kier alpha value is -1.32. The highest BCUT2D eigenvalue weighted by molar-refractivity contribution is 5.44. The van der Waals surface area contributed by atoms with Crippen molar-refractivity contribution in [3.05, 3.63) is 12.4 Å². The summed E-state index contributed by atoms with van der Waals surface area (Å²) in [4.78, 5) is 10.9. The summed E-state index contributed by atoms with van der Waals surface area (Å²) in [5, 5.41) is 3.18. The van der Waals surface area contributed by atoms with Gasteiger partial charge in [-0.2, -0.15) is 0 Å². The van der Waals surface area contributed by atoms with Gasteiger partial charge in [0.2, 0.25) is 0 Å². The summed E-state index contributed by atoms with van der Waals surface area (Å²) in [6.07, 6.45) is 3.56. The van der Waals surface area contributed by atoms with Crippen molar-refractivity contribution in [3.8, 4) is 0 Å². The maximum absolute atomic E-state index is 4.55. The predicted octanol–water partition coefficient (Wildman–Crippen LogP) is 2.78. The van der Waals surface area contributed by atoms with E-state index in [1.165, 1.54) is 0 Å². The number of hydrogen-bond acceptors (Lipinski definition) is 4. The molecule has 0 spiro atoms. The van der Waals surface area contributed by atoms with Gasteiger partial charge in [-0.25, -0.2) is 4.98 Å². The van der Waals surface area contributed by atoms with E-state index in [0.29, 0.717) is 6.04 Å². The van der Waals surface area contributed by atoms with Gasteiger partial charge in [0.05, 0.1) is 12.4 Å². The van der Waals surface area contributed by atoms with Crippen molar-refractivity contribution >= 4 is 11.6 Å². The van der Waals surface area contributed by atoms with E-state index in [1.807, 2.05) is 6.20 Å². The van der Waals surface area contributed by atoms with Crippen molar-refractivity contribution < 1.29 is 0 Å². The standard InChI is InChI=1S/C13H24N4/c1-7-15-11-8-14-9-12(16-11)17(6)10(2)13(3,4)5/h8-10H,7H2,1-6H3,(H,15,16). The zero-order valence-corrected chi connectivity index (χ0v) is 11.8. The van der Waals surface area contributed by atoms with E-state index in [2.05, 4.69) is 61.9 Å². The molecular weight excluding hydrogens is 212 g/mol. The van der Waals surface area contributed by atoms with Crippen LogP contribution >= 0.6 is 0 Å². The fourth-order valence-corrected chi connectivity index (χ4v) is 1.57. The summed E-state index contributed by atoms with van der Waals surface area (Å²) in [7, 11) is 2.07. The van der Waals surface area contributed by atoms with Crippen LogP contribution in [-0.4, -0.2) is 29.6 Å². The van der Waals surface area contributed by atoms with E-state index in [9.17, 15) is 0 Å². The Morgan fingerprint density at radius 2 is 2.00 bits per heavy atom. The fourth-order valence-electron chi connectivity index (χ4n) is 1.57. The van der Waals surface area contributed by atoms with Gasteiger partial charge in [-0.05, 0) is 19.3 Å². The highest BCUT2D eigenvalue weighted by Crippen LogP contribution is 2.26. The first-order valence-electron chi connectivity index (χ1n) is 6.15. The normalized spacial score (nSPS) is 13.3. The van der Waals surface area contributed by atoms with Gasteiger partial charge in [-0.3, -0.25) is 4.98 Å². The fraction of sp³-hybridized carbons (Fsp3) is 0.692. The summed E-state index contributed by atoms with van der Waals surface area (Å²) in [5.41, 5.74) is 0.213. The summed E-state index contributed by atoms with van der Waals surface area (Å²) in [6, 6.07) is 0.397. The van der Waals surface area contributed by atoms with E-state index in [0.717, 1.165) is 18.2 Å². The Labute approximate surface area is 104 Å². The number of aromatic nitrogens is 2. The minimum atomic E-state index is 0.213. The quantitative estimate of drug-likeness (QED) is 0.872. The third kappa shape index (κ3) is 3.58. The molecule has 0 aromatic carbocycles. The second-order valence-electron chi connectivity index (χ2n) is 5.45. The summed E-state index contributed by atoms with van der Waals surface area (Å²) in [5.74, 6) is 1.74. The van der Waals surface area contributed by atoms with Crippen LogP contribution in [0.25, 0.3) is 0 Å². The molecular formula is C13H24N4. The van der Waals surface area contributed by atoms with Gasteiger partial charge in [0.15, 0.2) is 0 Å². The van der Waals surface area contributed by atoms with E-state index in [-0.39, 0.29) is 5.41 Å². The average Bonchev–Trinajstić information content (AvgIpc) is 2.27. The lowest BCUT2D eigenvalue weighted by atomic mass is 9.87. The van der Waals surface area contributed by atoms with Crippen LogP contribution in [0.4, 0.5) is 11.6 Å². The third-order valence-corrected chi connectivity index (χ3v) is 3.18. The number of hydrogen-bond donors (Lipinski definition) is 1. The maximum atomic E-state index is 4.55. The van der Waals surface area contributed by atoms with Crippen LogP contribution in [0.3, 0.4) is 0 Å². The molecule has 1 aromatic rings. The van der Waals surface area contributed by atoms with Crippen LogP contribution in [0.15, 0.2) is 12.4 Å². The Balaban J connectivity index is 2.88. The number of nitrogens with one attached hydrogen (secondary N) is 1. The molecule has 0 amide bonds. The second-order valence-corrected chi connectivity index (χ2v) is 5.45. The van der Waals surface area contributed by atoms with Gasteiger partial charge in [0.1, 0.15) is 11.6 Å². The van der Waals surface area contributed by atoms with Gasteiger partial charge >= 0.3 is 0 Å². The largest absolute Gasteiger partial charge is 0.369 e. The minimum Gasteiger partial charge on any atom is -0.369 e. The van der Waals surface area contributed by atoms with Crippen LogP contribution in [0.2, 0.25) is 0 Å². The highest BCUT2D eigenvalue weighted by atomic mass is 15.2. The number of rotatable bonds is 4. The predicted molar refractivity (Wildman–Crippen MR) is 73.5 cm³/mol. The molecule has 17 heavy (non-hydrogen) atoms. The smallest absolute Gasteiger partial charge is 0.149 e. The molecule has 1 atom stereocenters. The number of nitrogens with zero attached hydrogens (tertiary/aromatic N) is 3. The lowest BCUT2D eigenvalue weighted by molar-refractivity contribution is 0.328. The minimum absolute atomic E-state index is 0.213. The third-order valence-electron chi connectivity index (χ3n) is 3.18. The Kier molecular flexibility index (Phi) is 4.32. The molecule has 0 fully saturated rings. The van der Waals surface area contributed by atoms with Crippen molar-refractivity contribution in [2.75, 3.05) is 23.8 Å². The lowest BCUT2D eigenvalue weighted by Crippen LogP contribution is -2.39. The number of anilines is 2. The molecule has 96 valence electrons. The van der Waals surface area contributed by atoms with Gasteiger partial charge in [0.25, 0.3) is 0 Å².